The molecule has 2 N–H and O–H groups in total. The zero-order valence-electron chi connectivity index (χ0n) is 11.9. The average Bonchev–Trinajstić information content (AvgIpc) is 2.39. The molecule has 19 heavy (non-hydrogen) atoms. The van der Waals surface area contributed by atoms with Gasteiger partial charge in [0, 0.05) is 38.4 Å². The third kappa shape index (κ3) is 2.93. The Balaban J connectivity index is 1.71. The summed E-state index contributed by atoms with van der Waals surface area (Å²) in [4.78, 5) is 4.88. The van der Waals surface area contributed by atoms with Crippen molar-refractivity contribution in [1.82, 2.24) is 4.90 Å². The van der Waals surface area contributed by atoms with Gasteiger partial charge in [0.15, 0.2) is 0 Å². The Morgan fingerprint density at radius 1 is 1.26 bits per heavy atom. The predicted octanol–water partition coefficient (Wildman–Crippen LogP) is 1.99. The molecule has 1 aromatic rings. The van der Waals surface area contributed by atoms with Crippen molar-refractivity contribution in [3.05, 3.63) is 29.3 Å². The Kier molecular flexibility index (Phi) is 3.76. The standard InChI is InChI=1S/C16H25N3/c1-18-8-2-4-14-10-13(6-7-16(14)18)11-19-9-3-5-15(17)12-19/h6-7,10,15H,2-5,8-9,11-12,17H2,1H3. The Morgan fingerprint density at radius 3 is 3.00 bits per heavy atom. The van der Waals surface area contributed by atoms with E-state index in [0.29, 0.717) is 6.04 Å². The number of fused-ring (bicyclic) bond motifs is 1. The molecule has 1 saturated heterocycles. The summed E-state index contributed by atoms with van der Waals surface area (Å²) < 4.78 is 0. The first-order chi connectivity index (χ1) is 9.22. The number of aryl methyl sites for hydroxylation is 1. The van der Waals surface area contributed by atoms with Crippen LogP contribution in [0.1, 0.15) is 30.4 Å². The van der Waals surface area contributed by atoms with Gasteiger partial charge in [0.25, 0.3) is 0 Å². The van der Waals surface area contributed by atoms with Crippen LogP contribution in [0, 0.1) is 0 Å². The fourth-order valence-electron chi connectivity index (χ4n) is 3.43. The van der Waals surface area contributed by atoms with Crippen LogP contribution < -0.4 is 10.6 Å². The highest BCUT2D eigenvalue weighted by atomic mass is 15.1. The first kappa shape index (κ1) is 12.9. The maximum Gasteiger partial charge on any atom is 0.0396 e. The van der Waals surface area contributed by atoms with Crippen molar-refractivity contribution in [2.45, 2.75) is 38.3 Å². The number of piperidine rings is 1. The molecule has 1 aromatic carbocycles. The lowest BCUT2D eigenvalue weighted by Crippen LogP contribution is -2.42. The second-order valence-corrected chi connectivity index (χ2v) is 6.13. The number of nitrogens with zero attached hydrogens (tertiary/aromatic N) is 2. The molecule has 104 valence electrons. The third-order valence-corrected chi connectivity index (χ3v) is 4.44. The molecule has 1 unspecified atom stereocenters. The number of rotatable bonds is 2. The van der Waals surface area contributed by atoms with Crippen LogP contribution in [0.2, 0.25) is 0 Å². The van der Waals surface area contributed by atoms with Gasteiger partial charge in [0.05, 0.1) is 0 Å². The Morgan fingerprint density at radius 2 is 2.16 bits per heavy atom. The molecule has 0 aromatic heterocycles. The molecule has 0 saturated carbocycles. The first-order valence-corrected chi connectivity index (χ1v) is 7.53. The highest BCUT2D eigenvalue weighted by Crippen LogP contribution is 2.27. The van der Waals surface area contributed by atoms with E-state index in [1.54, 1.807) is 0 Å². The molecule has 0 amide bonds. The van der Waals surface area contributed by atoms with Gasteiger partial charge < -0.3 is 10.6 Å². The smallest absolute Gasteiger partial charge is 0.0396 e. The van der Waals surface area contributed by atoms with Crippen molar-refractivity contribution < 1.29 is 0 Å². The molecule has 0 spiro atoms. The van der Waals surface area contributed by atoms with Crippen LogP contribution in [0.5, 0.6) is 0 Å². The van der Waals surface area contributed by atoms with E-state index in [2.05, 4.69) is 35.0 Å². The molecule has 1 fully saturated rings. The molecule has 0 bridgehead atoms. The highest BCUT2D eigenvalue weighted by molar-refractivity contribution is 5.56. The van der Waals surface area contributed by atoms with E-state index in [9.17, 15) is 0 Å². The minimum atomic E-state index is 0.373. The number of hydrogen-bond donors (Lipinski definition) is 1. The number of likely N-dealkylation sites (tertiary alicyclic amines) is 1. The van der Waals surface area contributed by atoms with Crippen molar-refractivity contribution in [2.75, 3.05) is 31.6 Å². The summed E-state index contributed by atoms with van der Waals surface area (Å²) in [6, 6.07) is 7.37. The monoisotopic (exact) mass is 259 g/mol. The lowest BCUT2D eigenvalue weighted by atomic mass is 9.99. The van der Waals surface area contributed by atoms with Crippen molar-refractivity contribution in [3.8, 4) is 0 Å². The van der Waals surface area contributed by atoms with Crippen LogP contribution in [0.15, 0.2) is 18.2 Å². The van der Waals surface area contributed by atoms with E-state index in [-0.39, 0.29) is 0 Å². The van der Waals surface area contributed by atoms with Gasteiger partial charge in [0.1, 0.15) is 0 Å². The van der Waals surface area contributed by atoms with Crippen molar-refractivity contribution in [2.24, 2.45) is 5.73 Å². The van der Waals surface area contributed by atoms with E-state index in [4.69, 9.17) is 5.73 Å². The molecule has 3 rings (SSSR count). The molecule has 1 atom stereocenters. The number of anilines is 1. The largest absolute Gasteiger partial charge is 0.374 e. The lowest BCUT2D eigenvalue weighted by Gasteiger charge is -2.32. The second-order valence-electron chi connectivity index (χ2n) is 6.13. The van der Waals surface area contributed by atoms with E-state index >= 15 is 0 Å². The SMILES string of the molecule is CN1CCCc2cc(CN3CCCC(N)C3)ccc21. The van der Waals surface area contributed by atoms with Gasteiger partial charge in [-0.25, -0.2) is 0 Å². The molecule has 2 aliphatic heterocycles. The minimum Gasteiger partial charge on any atom is -0.374 e. The normalized spacial score (nSPS) is 24.3. The summed E-state index contributed by atoms with van der Waals surface area (Å²) in [6.07, 6.45) is 4.94. The predicted molar refractivity (Wildman–Crippen MR) is 80.5 cm³/mol. The van der Waals surface area contributed by atoms with Gasteiger partial charge >= 0.3 is 0 Å². The average molecular weight is 259 g/mol. The van der Waals surface area contributed by atoms with Crippen LogP contribution in [-0.4, -0.2) is 37.6 Å². The van der Waals surface area contributed by atoms with Gasteiger partial charge in [-0.3, -0.25) is 4.90 Å². The summed E-state index contributed by atoms with van der Waals surface area (Å²) in [6.45, 7) is 4.50. The zero-order chi connectivity index (χ0) is 13.2. The fraction of sp³-hybridized carbons (Fsp3) is 0.625. The molecule has 2 aliphatic rings. The van der Waals surface area contributed by atoms with Crippen LogP contribution >= 0.6 is 0 Å². The van der Waals surface area contributed by atoms with Crippen LogP contribution in [0.4, 0.5) is 5.69 Å². The molecule has 3 nitrogen and oxygen atoms in total. The number of nitrogens with two attached hydrogens (primary N) is 1. The summed E-state index contributed by atoms with van der Waals surface area (Å²) in [5.41, 5.74) is 10.4. The quantitative estimate of drug-likeness (QED) is 0.881. The molecular weight excluding hydrogens is 234 g/mol. The second kappa shape index (κ2) is 5.51. The number of hydrogen-bond acceptors (Lipinski definition) is 3. The maximum absolute atomic E-state index is 6.06. The van der Waals surface area contributed by atoms with Gasteiger partial charge in [-0.15, -0.1) is 0 Å². The van der Waals surface area contributed by atoms with Gasteiger partial charge in [-0.2, -0.15) is 0 Å². The van der Waals surface area contributed by atoms with Crippen molar-refractivity contribution in [3.63, 3.8) is 0 Å². The number of benzene rings is 1. The maximum atomic E-state index is 6.06. The van der Waals surface area contributed by atoms with Crippen LogP contribution in [0.25, 0.3) is 0 Å². The third-order valence-electron chi connectivity index (χ3n) is 4.44. The zero-order valence-corrected chi connectivity index (χ0v) is 11.9. The topological polar surface area (TPSA) is 32.5 Å². The Hall–Kier alpha value is -1.06. The Labute approximate surface area is 116 Å². The highest BCUT2D eigenvalue weighted by Gasteiger charge is 2.18. The van der Waals surface area contributed by atoms with Gasteiger partial charge in [0.2, 0.25) is 0 Å². The summed E-state index contributed by atoms with van der Waals surface area (Å²) in [5, 5.41) is 0. The van der Waals surface area contributed by atoms with Gasteiger partial charge in [-0.1, -0.05) is 12.1 Å². The summed E-state index contributed by atoms with van der Waals surface area (Å²) >= 11 is 0. The van der Waals surface area contributed by atoms with Crippen LogP contribution in [-0.2, 0) is 13.0 Å². The van der Waals surface area contributed by atoms with E-state index in [0.717, 1.165) is 13.1 Å². The van der Waals surface area contributed by atoms with Crippen molar-refractivity contribution in [1.29, 1.82) is 0 Å². The Bertz CT molecular complexity index is 444. The summed E-state index contributed by atoms with van der Waals surface area (Å²) in [5.74, 6) is 0. The minimum absolute atomic E-state index is 0.373. The van der Waals surface area contributed by atoms with E-state index in [1.807, 2.05) is 0 Å². The molecule has 2 heterocycles. The first-order valence-electron chi connectivity index (χ1n) is 7.53. The molecular formula is C16H25N3. The lowest BCUT2D eigenvalue weighted by molar-refractivity contribution is 0.201. The molecule has 0 aliphatic carbocycles. The molecule has 3 heteroatoms. The van der Waals surface area contributed by atoms with E-state index in [1.165, 1.54) is 55.6 Å². The van der Waals surface area contributed by atoms with E-state index < -0.39 is 0 Å². The molecule has 0 radical (unpaired) electrons. The summed E-state index contributed by atoms with van der Waals surface area (Å²) in [7, 11) is 2.20. The van der Waals surface area contributed by atoms with Gasteiger partial charge in [-0.05, 0) is 49.4 Å². The van der Waals surface area contributed by atoms with Crippen LogP contribution in [0.3, 0.4) is 0 Å². The fourth-order valence-corrected chi connectivity index (χ4v) is 3.43. The van der Waals surface area contributed by atoms with Crippen molar-refractivity contribution >= 4 is 5.69 Å².